The largest absolute Gasteiger partial charge is 0.326 e. The number of rotatable bonds is 5. The molecule has 6 nitrogen and oxygen atoms in total. The summed E-state index contributed by atoms with van der Waals surface area (Å²) in [5.74, 6) is 0. The van der Waals surface area contributed by atoms with Gasteiger partial charge in [-0.05, 0) is 37.1 Å². The highest BCUT2D eigenvalue weighted by Gasteiger charge is 2.15. The molecule has 0 aliphatic rings. The third-order valence-corrected chi connectivity index (χ3v) is 4.52. The first-order valence-electron chi connectivity index (χ1n) is 6.49. The summed E-state index contributed by atoms with van der Waals surface area (Å²) in [6.45, 7) is 4.15. The van der Waals surface area contributed by atoms with Crippen molar-refractivity contribution in [2.75, 3.05) is 0 Å². The van der Waals surface area contributed by atoms with Crippen LogP contribution in [0.3, 0.4) is 0 Å². The van der Waals surface area contributed by atoms with Crippen molar-refractivity contribution in [3.05, 3.63) is 53.1 Å². The molecule has 3 N–H and O–H groups in total. The van der Waals surface area contributed by atoms with E-state index < -0.39 is 10.0 Å². The zero-order chi connectivity index (χ0) is 15.5. The zero-order valence-corrected chi connectivity index (χ0v) is 12.8. The van der Waals surface area contributed by atoms with Crippen molar-refractivity contribution in [3.8, 4) is 0 Å². The van der Waals surface area contributed by atoms with Crippen LogP contribution in [0.4, 0.5) is 0 Å². The summed E-state index contributed by atoms with van der Waals surface area (Å²) in [4.78, 5) is 8.41. The highest BCUT2D eigenvalue weighted by atomic mass is 32.2. The molecule has 0 aliphatic carbocycles. The summed E-state index contributed by atoms with van der Waals surface area (Å²) in [5, 5.41) is 0. The third-order valence-electron chi connectivity index (χ3n) is 3.12. The molecule has 2 rings (SSSR count). The van der Waals surface area contributed by atoms with E-state index in [1.807, 2.05) is 13.8 Å². The van der Waals surface area contributed by atoms with Gasteiger partial charge in [0.1, 0.15) is 0 Å². The topological polar surface area (TPSA) is 98.0 Å². The molecule has 21 heavy (non-hydrogen) atoms. The molecule has 0 unspecified atom stereocenters. The lowest BCUT2D eigenvalue weighted by Crippen LogP contribution is -2.24. The molecule has 0 fully saturated rings. The van der Waals surface area contributed by atoms with Crippen LogP contribution in [0.25, 0.3) is 0 Å². The molecule has 112 valence electrons. The number of hydrogen-bond acceptors (Lipinski definition) is 5. The van der Waals surface area contributed by atoms with Crippen LogP contribution < -0.4 is 10.5 Å². The minimum absolute atomic E-state index is 0.104. The molecule has 7 heteroatoms. The Morgan fingerprint density at radius 2 is 1.95 bits per heavy atom. The predicted octanol–water partition coefficient (Wildman–Crippen LogP) is 1.03. The Balaban J connectivity index is 2.14. The van der Waals surface area contributed by atoms with Gasteiger partial charge in [-0.3, -0.25) is 9.97 Å². The van der Waals surface area contributed by atoms with Crippen molar-refractivity contribution < 1.29 is 8.42 Å². The van der Waals surface area contributed by atoms with Gasteiger partial charge in [-0.1, -0.05) is 6.07 Å². The van der Waals surface area contributed by atoms with E-state index in [2.05, 4.69) is 14.7 Å². The highest BCUT2D eigenvalue weighted by Crippen LogP contribution is 2.15. The van der Waals surface area contributed by atoms with Gasteiger partial charge >= 0.3 is 0 Å². The zero-order valence-electron chi connectivity index (χ0n) is 12.0. The first-order chi connectivity index (χ1) is 9.92. The average molecular weight is 306 g/mol. The van der Waals surface area contributed by atoms with E-state index in [1.54, 1.807) is 30.6 Å². The maximum atomic E-state index is 12.2. The Hall–Kier alpha value is -1.83. The molecule has 0 spiro atoms. The Kier molecular flexibility index (Phi) is 4.66. The number of nitrogens with zero attached hydrogens (tertiary/aromatic N) is 2. The van der Waals surface area contributed by atoms with Crippen LogP contribution in [0.2, 0.25) is 0 Å². The van der Waals surface area contributed by atoms with Crippen LogP contribution in [-0.2, 0) is 23.1 Å². The van der Waals surface area contributed by atoms with Crippen LogP contribution in [0, 0.1) is 13.8 Å². The Labute approximate surface area is 124 Å². The van der Waals surface area contributed by atoms with Gasteiger partial charge in [0.15, 0.2) is 0 Å². The molecule has 0 atom stereocenters. The first-order valence-corrected chi connectivity index (χ1v) is 7.97. The molecule has 0 amide bonds. The second-order valence-electron chi connectivity index (χ2n) is 4.77. The summed E-state index contributed by atoms with van der Waals surface area (Å²) in [6, 6.07) is 4.90. The molecule has 0 saturated carbocycles. The third kappa shape index (κ3) is 3.84. The monoisotopic (exact) mass is 306 g/mol. The minimum Gasteiger partial charge on any atom is -0.326 e. The van der Waals surface area contributed by atoms with E-state index in [-0.39, 0.29) is 11.4 Å². The van der Waals surface area contributed by atoms with Crippen LogP contribution in [0.5, 0.6) is 0 Å². The quantitative estimate of drug-likeness (QED) is 0.860. The van der Waals surface area contributed by atoms with Gasteiger partial charge in [0.25, 0.3) is 0 Å². The Bertz CT molecular complexity index is 727. The van der Waals surface area contributed by atoms with Crippen molar-refractivity contribution in [1.82, 2.24) is 14.7 Å². The summed E-state index contributed by atoms with van der Waals surface area (Å²) >= 11 is 0. The Morgan fingerprint density at radius 1 is 1.19 bits per heavy atom. The van der Waals surface area contributed by atoms with Crippen LogP contribution in [-0.4, -0.2) is 18.4 Å². The number of sulfonamides is 1. The number of benzene rings is 1. The van der Waals surface area contributed by atoms with Gasteiger partial charge in [-0.2, -0.15) is 0 Å². The second-order valence-corrected chi connectivity index (χ2v) is 6.53. The SMILES string of the molecule is Cc1cnc(CNS(=O)(=O)c2ccc(CN)c(C)c2)cn1. The van der Waals surface area contributed by atoms with E-state index in [1.165, 1.54) is 0 Å². The standard InChI is InChI=1S/C14H18N4O2S/c1-10-5-14(4-3-12(10)6-15)21(19,20)18-9-13-8-16-11(2)7-17-13/h3-5,7-8,18H,6,9,15H2,1-2H3. The van der Waals surface area contributed by atoms with Gasteiger partial charge in [0, 0.05) is 12.7 Å². The second kappa shape index (κ2) is 6.30. The summed E-state index contributed by atoms with van der Waals surface area (Å²) in [7, 11) is -3.57. The highest BCUT2D eigenvalue weighted by molar-refractivity contribution is 7.89. The number of nitrogens with two attached hydrogens (primary N) is 1. The van der Waals surface area contributed by atoms with Gasteiger partial charge < -0.3 is 5.73 Å². The van der Waals surface area contributed by atoms with Crippen LogP contribution >= 0.6 is 0 Å². The molecule has 1 heterocycles. The van der Waals surface area contributed by atoms with E-state index in [0.29, 0.717) is 12.2 Å². The van der Waals surface area contributed by atoms with E-state index in [4.69, 9.17) is 5.73 Å². The van der Waals surface area contributed by atoms with Crippen molar-refractivity contribution >= 4 is 10.0 Å². The smallest absolute Gasteiger partial charge is 0.240 e. The maximum absolute atomic E-state index is 12.2. The van der Waals surface area contributed by atoms with Gasteiger partial charge in [-0.15, -0.1) is 0 Å². The van der Waals surface area contributed by atoms with Crippen molar-refractivity contribution in [1.29, 1.82) is 0 Å². The van der Waals surface area contributed by atoms with Crippen LogP contribution in [0.15, 0.2) is 35.5 Å². The van der Waals surface area contributed by atoms with Crippen LogP contribution in [0.1, 0.15) is 22.5 Å². The molecule has 2 aromatic rings. The molecule has 1 aromatic carbocycles. The van der Waals surface area contributed by atoms with Crippen molar-refractivity contribution in [2.24, 2.45) is 5.73 Å². The first kappa shape index (κ1) is 15.6. The number of aromatic nitrogens is 2. The maximum Gasteiger partial charge on any atom is 0.240 e. The molecule has 0 saturated heterocycles. The fourth-order valence-corrected chi connectivity index (χ4v) is 2.91. The number of aryl methyl sites for hydroxylation is 2. The fourth-order valence-electron chi connectivity index (χ4n) is 1.83. The minimum atomic E-state index is -3.57. The lowest BCUT2D eigenvalue weighted by atomic mass is 10.1. The summed E-state index contributed by atoms with van der Waals surface area (Å²) < 4.78 is 27.0. The lowest BCUT2D eigenvalue weighted by Gasteiger charge is -2.09. The lowest BCUT2D eigenvalue weighted by molar-refractivity contribution is 0.580. The molecule has 0 aliphatic heterocycles. The molecular weight excluding hydrogens is 288 g/mol. The normalized spacial score (nSPS) is 11.6. The van der Waals surface area contributed by atoms with E-state index >= 15 is 0 Å². The summed E-state index contributed by atoms with van der Waals surface area (Å²) in [5.41, 5.74) is 8.72. The van der Waals surface area contributed by atoms with Gasteiger partial charge in [-0.25, -0.2) is 13.1 Å². The average Bonchev–Trinajstić information content (AvgIpc) is 2.46. The van der Waals surface area contributed by atoms with Crippen molar-refractivity contribution in [2.45, 2.75) is 31.8 Å². The van der Waals surface area contributed by atoms with E-state index in [0.717, 1.165) is 16.8 Å². The van der Waals surface area contributed by atoms with Gasteiger partial charge in [0.05, 0.1) is 29.0 Å². The summed E-state index contributed by atoms with van der Waals surface area (Å²) in [6.07, 6.45) is 3.16. The number of nitrogens with one attached hydrogen (secondary N) is 1. The van der Waals surface area contributed by atoms with E-state index in [9.17, 15) is 8.42 Å². The van der Waals surface area contributed by atoms with Gasteiger partial charge in [0.2, 0.25) is 10.0 Å². The molecular formula is C14H18N4O2S. The molecule has 1 aromatic heterocycles. The molecule has 0 radical (unpaired) electrons. The fraction of sp³-hybridized carbons (Fsp3) is 0.286. The predicted molar refractivity (Wildman–Crippen MR) is 79.9 cm³/mol. The number of hydrogen-bond donors (Lipinski definition) is 2. The van der Waals surface area contributed by atoms with Crippen molar-refractivity contribution in [3.63, 3.8) is 0 Å². The molecule has 0 bridgehead atoms. The Morgan fingerprint density at radius 3 is 2.52 bits per heavy atom.